The van der Waals surface area contributed by atoms with Crippen LogP contribution in [0.1, 0.15) is 41.5 Å². The van der Waals surface area contributed by atoms with Gasteiger partial charge in [-0.1, -0.05) is 0 Å². The maximum absolute atomic E-state index is 11.0. The first-order chi connectivity index (χ1) is 14.1. The number of hydrogen-bond acceptors (Lipinski definition) is 10. The zero-order valence-corrected chi connectivity index (χ0v) is 19.6. The Kier molecular flexibility index (Phi) is 12.0. The van der Waals surface area contributed by atoms with Crippen molar-refractivity contribution >= 4 is 0 Å². The predicted molar refractivity (Wildman–Crippen MR) is 118 cm³/mol. The van der Waals surface area contributed by atoms with Gasteiger partial charge in [0.1, 0.15) is 0 Å². The molecule has 0 bridgehead atoms. The molecule has 0 rings (SSSR count). The lowest BCUT2D eigenvalue weighted by atomic mass is 10.1. The molecule has 0 aromatic carbocycles. The van der Waals surface area contributed by atoms with Gasteiger partial charge in [-0.05, 0) is 0 Å². The highest BCUT2D eigenvalue weighted by Crippen LogP contribution is 2.06. The summed E-state index contributed by atoms with van der Waals surface area (Å²) in [6.45, 7) is 13.5. The van der Waals surface area contributed by atoms with Crippen molar-refractivity contribution in [2.75, 3.05) is 58.9 Å². The van der Waals surface area contributed by atoms with Crippen LogP contribution in [0.4, 0.5) is 0 Å². The van der Waals surface area contributed by atoms with Crippen LogP contribution in [0.5, 0.6) is 0 Å². The topological polar surface area (TPSA) is 169 Å². The summed E-state index contributed by atoms with van der Waals surface area (Å²) < 4.78 is 0. The largest absolute Gasteiger partial charge is 0.309 e. The Labute approximate surface area is 183 Å². The van der Waals surface area contributed by atoms with E-state index < -0.39 is 16.6 Å². The molecule has 0 aromatic rings. The van der Waals surface area contributed by atoms with Crippen LogP contribution in [0.15, 0.2) is 0 Å². The highest BCUT2D eigenvalue weighted by atomic mass is 16.6. The monoisotopic (exact) mass is 449 g/mol. The van der Waals surface area contributed by atoms with Crippen LogP contribution in [-0.4, -0.2) is 95.2 Å². The maximum atomic E-state index is 11.0. The van der Waals surface area contributed by atoms with Gasteiger partial charge in [-0.2, -0.15) is 0 Å². The molecule has 0 saturated carbocycles. The molecule has 31 heavy (non-hydrogen) atoms. The van der Waals surface area contributed by atoms with Gasteiger partial charge in [0.05, 0.1) is 19.6 Å². The van der Waals surface area contributed by atoms with Crippen LogP contribution in [-0.2, 0) is 0 Å². The molecule has 0 fully saturated rings. The first kappa shape index (κ1) is 29.0. The average molecular weight is 450 g/mol. The highest BCUT2D eigenvalue weighted by molar-refractivity contribution is 4.74. The van der Waals surface area contributed by atoms with Gasteiger partial charge in [-0.15, -0.1) is 0 Å². The van der Waals surface area contributed by atoms with E-state index in [1.807, 2.05) is 0 Å². The summed E-state index contributed by atoms with van der Waals surface area (Å²) in [7, 11) is 0. The summed E-state index contributed by atoms with van der Waals surface area (Å²) in [5.74, 6) is 0. The maximum Gasteiger partial charge on any atom is 0.229 e. The zero-order chi connectivity index (χ0) is 24.3. The van der Waals surface area contributed by atoms with Gasteiger partial charge >= 0.3 is 0 Å². The van der Waals surface area contributed by atoms with Crippen molar-refractivity contribution in [1.29, 1.82) is 0 Å². The molecule has 13 nitrogen and oxygen atoms in total. The van der Waals surface area contributed by atoms with Crippen LogP contribution >= 0.6 is 0 Å². The first-order valence-electron chi connectivity index (χ1n) is 10.4. The lowest BCUT2D eigenvalue weighted by molar-refractivity contribution is -0.558. The summed E-state index contributed by atoms with van der Waals surface area (Å²) in [6, 6.07) is 0. The molecule has 0 heterocycles. The van der Waals surface area contributed by atoms with Crippen LogP contribution in [0.25, 0.3) is 0 Å². The fourth-order valence-electron chi connectivity index (χ4n) is 2.42. The molecule has 0 saturated heterocycles. The third-order valence-electron chi connectivity index (χ3n) is 4.97. The molecule has 0 aliphatic carbocycles. The molecule has 0 aliphatic heterocycles. The molecule has 0 spiro atoms. The molecular formula is C18H39N7O6. The normalized spacial score (nSPS) is 12.9. The number of nitro groups is 3. The summed E-state index contributed by atoms with van der Waals surface area (Å²) >= 11 is 0. The van der Waals surface area contributed by atoms with Crippen LogP contribution in [0.2, 0.25) is 0 Å². The second kappa shape index (κ2) is 12.8. The minimum atomic E-state index is -1.06. The van der Waals surface area contributed by atoms with E-state index in [2.05, 4.69) is 20.9 Å². The lowest BCUT2D eigenvalue weighted by Crippen LogP contribution is -2.48. The van der Waals surface area contributed by atoms with Crippen molar-refractivity contribution in [1.82, 2.24) is 20.9 Å². The number of hydrogen-bond donors (Lipinski definition) is 3. The first-order valence-corrected chi connectivity index (χ1v) is 10.4. The minimum Gasteiger partial charge on any atom is -0.309 e. The summed E-state index contributed by atoms with van der Waals surface area (Å²) in [6.07, 6.45) is 0. The molecule has 0 aliphatic rings. The van der Waals surface area contributed by atoms with E-state index in [0.29, 0.717) is 39.3 Å². The fourth-order valence-corrected chi connectivity index (χ4v) is 2.42. The molecule has 13 heteroatoms. The van der Waals surface area contributed by atoms with Crippen LogP contribution < -0.4 is 16.0 Å². The van der Waals surface area contributed by atoms with E-state index in [1.54, 1.807) is 41.5 Å². The Morgan fingerprint density at radius 3 is 1.00 bits per heavy atom. The minimum absolute atomic E-state index is 0.235. The van der Waals surface area contributed by atoms with Gasteiger partial charge in [0.25, 0.3) is 0 Å². The zero-order valence-electron chi connectivity index (χ0n) is 19.6. The summed E-state index contributed by atoms with van der Waals surface area (Å²) in [4.78, 5) is 34.1. The summed E-state index contributed by atoms with van der Waals surface area (Å²) in [5, 5.41) is 42.3. The second-order valence-corrected chi connectivity index (χ2v) is 9.58. The SMILES string of the molecule is CC(C)(CNCCN(CCNCC(C)(C)[N+](=O)[O-])CCNCC(C)(C)[N+](=O)[O-])[N+](=O)[O-]. The van der Waals surface area contributed by atoms with Crippen molar-refractivity contribution in [3.63, 3.8) is 0 Å². The van der Waals surface area contributed by atoms with E-state index in [4.69, 9.17) is 0 Å². The predicted octanol–water partition coefficient (Wildman–Crippen LogP) is 0.223. The van der Waals surface area contributed by atoms with Gasteiger partial charge in [-0.3, -0.25) is 35.2 Å². The summed E-state index contributed by atoms with van der Waals surface area (Å²) in [5.41, 5.74) is -3.18. The van der Waals surface area contributed by atoms with Crippen molar-refractivity contribution in [3.8, 4) is 0 Å². The molecule has 0 aromatic heterocycles. The fraction of sp³-hybridized carbons (Fsp3) is 1.00. The smallest absolute Gasteiger partial charge is 0.229 e. The molecule has 0 atom stereocenters. The van der Waals surface area contributed by atoms with E-state index in [-0.39, 0.29) is 34.4 Å². The molecule has 0 unspecified atom stereocenters. The molecule has 3 N–H and O–H groups in total. The molecular weight excluding hydrogens is 410 g/mol. The molecule has 0 amide bonds. The van der Waals surface area contributed by atoms with Gasteiger partial charge in [0.15, 0.2) is 0 Å². The third-order valence-corrected chi connectivity index (χ3v) is 4.97. The van der Waals surface area contributed by atoms with E-state index >= 15 is 0 Å². The van der Waals surface area contributed by atoms with Crippen molar-refractivity contribution in [3.05, 3.63) is 30.3 Å². The third kappa shape index (κ3) is 11.9. The van der Waals surface area contributed by atoms with Gasteiger partial charge in [-0.25, -0.2) is 0 Å². The Morgan fingerprint density at radius 2 is 0.806 bits per heavy atom. The lowest BCUT2D eigenvalue weighted by Gasteiger charge is -2.25. The van der Waals surface area contributed by atoms with Crippen LogP contribution in [0, 0.1) is 30.3 Å². The number of nitrogens with one attached hydrogen (secondary N) is 3. The number of rotatable bonds is 18. The molecule has 182 valence electrons. The quantitative estimate of drug-likeness (QED) is 0.149. The van der Waals surface area contributed by atoms with Gasteiger partial charge in [0.2, 0.25) is 16.6 Å². The van der Waals surface area contributed by atoms with Crippen molar-refractivity contribution in [2.24, 2.45) is 0 Å². The molecule has 0 radical (unpaired) electrons. The Balaban J connectivity index is 4.55. The highest BCUT2D eigenvalue weighted by Gasteiger charge is 2.31. The Morgan fingerprint density at radius 1 is 0.581 bits per heavy atom. The van der Waals surface area contributed by atoms with Gasteiger partial charge in [0, 0.05) is 95.6 Å². The van der Waals surface area contributed by atoms with E-state index in [0.717, 1.165) is 0 Å². The van der Waals surface area contributed by atoms with Crippen molar-refractivity contribution in [2.45, 2.75) is 58.2 Å². The number of nitrogens with zero attached hydrogens (tertiary/aromatic N) is 4. The van der Waals surface area contributed by atoms with Crippen molar-refractivity contribution < 1.29 is 14.8 Å². The van der Waals surface area contributed by atoms with E-state index in [9.17, 15) is 30.3 Å². The Hall–Kier alpha value is -1.96. The van der Waals surface area contributed by atoms with Gasteiger partial charge < -0.3 is 16.0 Å². The Bertz CT molecular complexity index is 517. The average Bonchev–Trinajstić information content (AvgIpc) is 2.64. The standard InChI is InChI=1S/C18H39N7O6/c1-16(2,23(26)27)13-19-7-10-22(11-8-20-14-17(3,4)24(28)29)12-9-21-15-18(5,6)25(30)31/h19-21H,7-15H2,1-6H3. The van der Waals surface area contributed by atoms with Crippen LogP contribution in [0.3, 0.4) is 0 Å². The second-order valence-electron chi connectivity index (χ2n) is 9.58. The van der Waals surface area contributed by atoms with E-state index in [1.165, 1.54) is 0 Å².